The molecule has 0 atom stereocenters. The molecule has 0 fully saturated rings. The predicted octanol–water partition coefficient (Wildman–Crippen LogP) is 12.9. The number of benzene rings is 6. The second-order valence-corrected chi connectivity index (χ2v) is 14.5. The molecule has 0 N–H and O–H groups in total. The minimum absolute atomic E-state index is 0.653. The van der Waals surface area contributed by atoms with Gasteiger partial charge in [0.05, 0.1) is 26.4 Å². The Hall–Kier alpha value is -4.23. The Morgan fingerprint density at radius 3 is 1.34 bits per heavy atom. The number of alkyl halides is 1. The van der Waals surface area contributed by atoms with E-state index in [0.717, 1.165) is 70.7 Å². The second-order valence-electron chi connectivity index (χ2n) is 13.7. The van der Waals surface area contributed by atoms with E-state index in [1.54, 1.807) is 0 Å². The highest BCUT2D eigenvalue weighted by Crippen LogP contribution is 2.38. The Kier molecular flexibility index (Phi) is 13.9. The van der Waals surface area contributed by atoms with Crippen LogP contribution in [0.2, 0.25) is 0 Å². The third-order valence-electron chi connectivity index (χ3n) is 9.56. The Balaban J connectivity index is 1.38. The highest BCUT2D eigenvalue weighted by atomic mass is 127. The van der Waals surface area contributed by atoms with Gasteiger partial charge in [0.2, 0.25) is 0 Å². The summed E-state index contributed by atoms with van der Waals surface area (Å²) in [5.74, 6) is 3.90. The first-order valence-electron chi connectivity index (χ1n) is 19.4. The van der Waals surface area contributed by atoms with Gasteiger partial charge in [0, 0.05) is 29.3 Å². The van der Waals surface area contributed by atoms with Crippen molar-refractivity contribution < 1.29 is 18.9 Å². The van der Waals surface area contributed by atoms with Crippen molar-refractivity contribution >= 4 is 44.1 Å². The standard InChI is InChI=1S/C48H53IO4/c1-5-24-50-45-32-44-35(23-22-34-14-9-10-21-43(34)44)28-42(45)31-40-18-12-17-37(47(40)52-26-7-3)29-36-15-11-16-38(46(36)51-25-6-2)30-39-19-13-20-41(33-49)48(39)53-27-8-4/h9-23,28,32H,5-8,24-27,29-31,33H2,1-4H3. The molecule has 0 radical (unpaired) electrons. The number of hydrogen-bond acceptors (Lipinski definition) is 4. The number of hydrogen-bond donors (Lipinski definition) is 0. The van der Waals surface area contributed by atoms with Crippen molar-refractivity contribution in [1.82, 2.24) is 0 Å². The molecule has 0 saturated heterocycles. The van der Waals surface area contributed by atoms with Crippen LogP contribution in [-0.4, -0.2) is 26.4 Å². The average Bonchev–Trinajstić information content (AvgIpc) is 3.19. The van der Waals surface area contributed by atoms with Crippen molar-refractivity contribution in [2.45, 2.75) is 77.1 Å². The number of halogens is 1. The molecule has 0 spiro atoms. The highest BCUT2D eigenvalue weighted by Gasteiger charge is 2.19. The zero-order valence-electron chi connectivity index (χ0n) is 31.8. The van der Waals surface area contributed by atoms with Gasteiger partial charge in [0.1, 0.15) is 23.0 Å². The van der Waals surface area contributed by atoms with Gasteiger partial charge in [-0.25, -0.2) is 0 Å². The molecule has 0 aliphatic carbocycles. The fraction of sp³-hybridized carbons (Fsp3) is 0.333. The third-order valence-corrected chi connectivity index (χ3v) is 10.4. The molecule has 4 nitrogen and oxygen atoms in total. The van der Waals surface area contributed by atoms with Crippen LogP contribution >= 0.6 is 22.6 Å². The Morgan fingerprint density at radius 1 is 0.396 bits per heavy atom. The molecule has 0 bridgehead atoms. The van der Waals surface area contributed by atoms with Crippen molar-refractivity contribution in [3.63, 3.8) is 0 Å². The molecule has 0 unspecified atom stereocenters. The fourth-order valence-corrected chi connectivity index (χ4v) is 7.67. The zero-order chi connectivity index (χ0) is 37.0. The average molecular weight is 821 g/mol. The van der Waals surface area contributed by atoms with Crippen LogP contribution in [0.5, 0.6) is 23.0 Å². The lowest BCUT2D eigenvalue weighted by atomic mass is 9.93. The van der Waals surface area contributed by atoms with Gasteiger partial charge in [0.15, 0.2) is 0 Å². The van der Waals surface area contributed by atoms with Gasteiger partial charge in [-0.3, -0.25) is 0 Å². The van der Waals surface area contributed by atoms with E-state index in [-0.39, 0.29) is 0 Å². The zero-order valence-corrected chi connectivity index (χ0v) is 34.0. The summed E-state index contributed by atoms with van der Waals surface area (Å²) in [6, 6.07) is 37.3. The lowest BCUT2D eigenvalue weighted by molar-refractivity contribution is 0.306. The van der Waals surface area contributed by atoms with E-state index in [1.807, 2.05) is 0 Å². The summed E-state index contributed by atoms with van der Waals surface area (Å²) in [6.07, 6.45) is 5.95. The van der Waals surface area contributed by atoms with Gasteiger partial charge in [-0.15, -0.1) is 0 Å². The molecular weight excluding hydrogens is 767 g/mol. The van der Waals surface area contributed by atoms with Crippen LogP contribution in [-0.2, 0) is 23.7 Å². The summed E-state index contributed by atoms with van der Waals surface area (Å²) in [7, 11) is 0. The van der Waals surface area contributed by atoms with Crippen LogP contribution in [0, 0.1) is 0 Å². The van der Waals surface area contributed by atoms with Gasteiger partial charge in [-0.1, -0.05) is 141 Å². The van der Waals surface area contributed by atoms with E-state index in [4.69, 9.17) is 18.9 Å². The number of rotatable bonds is 19. The summed E-state index contributed by atoms with van der Waals surface area (Å²) in [4.78, 5) is 0. The monoisotopic (exact) mass is 820 g/mol. The molecule has 0 aliphatic rings. The predicted molar refractivity (Wildman–Crippen MR) is 230 cm³/mol. The van der Waals surface area contributed by atoms with Crippen LogP contribution in [0.15, 0.2) is 103 Å². The summed E-state index contributed by atoms with van der Waals surface area (Å²) in [6.45, 7) is 11.3. The molecule has 0 aromatic heterocycles. The van der Waals surface area contributed by atoms with Crippen molar-refractivity contribution in [3.05, 3.63) is 142 Å². The van der Waals surface area contributed by atoms with Crippen LogP contribution in [0.25, 0.3) is 21.5 Å². The molecule has 5 heteroatoms. The normalized spacial score (nSPS) is 11.3. The van der Waals surface area contributed by atoms with E-state index in [0.29, 0.717) is 39.3 Å². The van der Waals surface area contributed by atoms with Crippen molar-refractivity contribution in [2.75, 3.05) is 26.4 Å². The number of fused-ring (bicyclic) bond motifs is 3. The SMILES string of the molecule is CCCOc1cc2c(ccc3ccccc32)cc1Cc1cccc(Cc2cccc(Cc3cccc(CI)c3OCCC)c2OCCC)c1OCCC. The molecule has 53 heavy (non-hydrogen) atoms. The molecular formula is C48H53IO4. The van der Waals surface area contributed by atoms with Crippen molar-refractivity contribution in [3.8, 4) is 23.0 Å². The van der Waals surface area contributed by atoms with Gasteiger partial charge >= 0.3 is 0 Å². The largest absolute Gasteiger partial charge is 0.493 e. The van der Waals surface area contributed by atoms with E-state index in [9.17, 15) is 0 Å². The fourth-order valence-electron chi connectivity index (χ4n) is 7.07. The molecule has 276 valence electrons. The third kappa shape index (κ3) is 9.29. The molecule has 6 aromatic rings. The van der Waals surface area contributed by atoms with Crippen LogP contribution in [0.3, 0.4) is 0 Å². The molecule has 0 heterocycles. The topological polar surface area (TPSA) is 36.9 Å². The highest BCUT2D eigenvalue weighted by molar-refractivity contribution is 14.1. The minimum atomic E-state index is 0.653. The number of ether oxygens (including phenoxy) is 4. The van der Waals surface area contributed by atoms with E-state index in [2.05, 4.69) is 153 Å². The quantitative estimate of drug-likeness (QED) is 0.0463. The van der Waals surface area contributed by atoms with Crippen molar-refractivity contribution in [1.29, 1.82) is 0 Å². The maximum Gasteiger partial charge on any atom is 0.126 e. The van der Waals surface area contributed by atoms with E-state index in [1.165, 1.54) is 49.4 Å². The summed E-state index contributed by atoms with van der Waals surface area (Å²) < 4.78 is 27.0. The van der Waals surface area contributed by atoms with Crippen LogP contribution in [0.4, 0.5) is 0 Å². The summed E-state index contributed by atoms with van der Waals surface area (Å²) in [5.41, 5.74) is 8.28. The minimum Gasteiger partial charge on any atom is -0.493 e. The number of para-hydroxylation sites is 3. The molecule has 0 aliphatic heterocycles. The van der Waals surface area contributed by atoms with Gasteiger partial charge in [-0.05, 0) is 92.7 Å². The van der Waals surface area contributed by atoms with E-state index >= 15 is 0 Å². The lowest BCUT2D eigenvalue weighted by Gasteiger charge is -2.21. The Bertz CT molecular complexity index is 2120. The molecule has 6 aromatic carbocycles. The smallest absolute Gasteiger partial charge is 0.126 e. The van der Waals surface area contributed by atoms with Gasteiger partial charge in [0.25, 0.3) is 0 Å². The maximum atomic E-state index is 6.65. The Morgan fingerprint density at radius 2 is 0.830 bits per heavy atom. The van der Waals surface area contributed by atoms with Crippen LogP contribution in [0.1, 0.15) is 92.3 Å². The first-order valence-corrected chi connectivity index (χ1v) is 20.9. The van der Waals surface area contributed by atoms with Gasteiger partial charge in [-0.2, -0.15) is 0 Å². The molecule has 6 rings (SSSR count). The molecule has 0 saturated carbocycles. The lowest BCUT2D eigenvalue weighted by Crippen LogP contribution is -2.08. The first kappa shape index (κ1) is 38.5. The first-order chi connectivity index (χ1) is 26.1. The van der Waals surface area contributed by atoms with Gasteiger partial charge < -0.3 is 18.9 Å². The second kappa shape index (κ2) is 19.2. The Labute approximate surface area is 330 Å². The van der Waals surface area contributed by atoms with E-state index < -0.39 is 0 Å². The molecule has 0 amide bonds. The van der Waals surface area contributed by atoms with Crippen LogP contribution < -0.4 is 18.9 Å². The van der Waals surface area contributed by atoms with Crippen molar-refractivity contribution in [2.24, 2.45) is 0 Å². The summed E-state index contributed by atoms with van der Waals surface area (Å²) in [5, 5.41) is 4.93. The summed E-state index contributed by atoms with van der Waals surface area (Å²) >= 11 is 2.43. The maximum absolute atomic E-state index is 6.65.